The zero-order chi connectivity index (χ0) is 19.5. The summed E-state index contributed by atoms with van der Waals surface area (Å²) in [4.78, 5) is 12.5. The third-order valence-corrected chi connectivity index (χ3v) is 6.01. The fourth-order valence-corrected chi connectivity index (χ4v) is 4.05. The van der Waals surface area contributed by atoms with Crippen LogP contribution >= 0.6 is 15.9 Å². The van der Waals surface area contributed by atoms with Crippen LogP contribution in [0.15, 0.2) is 46.9 Å². The Balaban J connectivity index is 2.17. The first kappa shape index (κ1) is 20.5. The summed E-state index contributed by atoms with van der Waals surface area (Å²) in [7, 11) is -3.61. The monoisotopic (exact) mass is 438 g/mol. The molecule has 0 unspecified atom stereocenters. The van der Waals surface area contributed by atoms with E-state index in [0.29, 0.717) is 10.2 Å². The van der Waals surface area contributed by atoms with Gasteiger partial charge in [-0.25, -0.2) is 8.42 Å². The topological polar surface area (TPSA) is 66.5 Å². The molecule has 140 valence electrons. The minimum Gasteiger partial charge on any atom is -0.348 e. The van der Waals surface area contributed by atoms with Crippen molar-refractivity contribution in [2.45, 2.75) is 26.8 Å². The van der Waals surface area contributed by atoms with Crippen LogP contribution in [-0.2, 0) is 14.8 Å². The summed E-state index contributed by atoms with van der Waals surface area (Å²) in [5.41, 5.74) is 3.75. The van der Waals surface area contributed by atoms with Gasteiger partial charge in [0.1, 0.15) is 6.54 Å². The highest BCUT2D eigenvalue weighted by molar-refractivity contribution is 9.10. The van der Waals surface area contributed by atoms with E-state index >= 15 is 0 Å². The van der Waals surface area contributed by atoms with Crippen molar-refractivity contribution < 1.29 is 13.2 Å². The zero-order valence-corrected chi connectivity index (χ0v) is 17.7. The Hall–Kier alpha value is -1.86. The first-order valence-electron chi connectivity index (χ1n) is 8.18. The number of carbonyl (C=O) groups is 1. The normalized spacial score (nSPS) is 12.5. The molecule has 2 aromatic carbocycles. The van der Waals surface area contributed by atoms with E-state index in [4.69, 9.17) is 0 Å². The molecule has 0 bridgehead atoms. The molecule has 1 atom stereocenters. The summed E-state index contributed by atoms with van der Waals surface area (Å²) in [5.74, 6) is -0.364. The highest BCUT2D eigenvalue weighted by Crippen LogP contribution is 2.27. The predicted molar refractivity (Wildman–Crippen MR) is 109 cm³/mol. The van der Waals surface area contributed by atoms with Gasteiger partial charge in [0.25, 0.3) is 0 Å². The Morgan fingerprint density at radius 3 is 2.38 bits per heavy atom. The number of hydrogen-bond acceptors (Lipinski definition) is 3. The number of rotatable bonds is 6. The molecule has 0 heterocycles. The van der Waals surface area contributed by atoms with Gasteiger partial charge in [-0.15, -0.1) is 0 Å². The van der Waals surface area contributed by atoms with E-state index in [0.717, 1.165) is 21.7 Å². The highest BCUT2D eigenvalue weighted by atomic mass is 79.9. The largest absolute Gasteiger partial charge is 0.348 e. The molecule has 0 aliphatic rings. The Morgan fingerprint density at radius 1 is 1.15 bits per heavy atom. The van der Waals surface area contributed by atoms with Crippen molar-refractivity contribution in [3.05, 3.63) is 63.6 Å². The summed E-state index contributed by atoms with van der Waals surface area (Å²) in [6, 6.07) is 12.7. The molecule has 1 amide bonds. The Morgan fingerprint density at radius 2 is 1.81 bits per heavy atom. The van der Waals surface area contributed by atoms with Crippen LogP contribution in [0.2, 0.25) is 0 Å². The third-order valence-electron chi connectivity index (χ3n) is 4.22. The summed E-state index contributed by atoms with van der Waals surface area (Å²) >= 11 is 3.34. The summed E-state index contributed by atoms with van der Waals surface area (Å²) in [5, 5.41) is 2.87. The van der Waals surface area contributed by atoms with Crippen LogP contribution in [0.5, 0.6) is 0 Å². The standard InChI is InChI=1S/C19H23BrN2O3S/c1-13-9-10-16(11-14(13)2)15(3)21-19(23)12-22(26(4,24)25)18-8-6-5-7-17(18)20/h5-11,15H,12H2,1-4H3,(H,21,23)/t15-/m1/s1. The second kappa shape index (κ2) is 8.22. The van der Waals surface area contributed by atoms with Crippen molar-refractivity contribution in [3.63, 3.8) is 0 Å². The van der Waals surface area contributed by atoms with Crippen LogP contribution in [0.3, 0.4) is 0 Å². The molecule has 0 aliphatic carbocycles. The van der Waals surface area contributed by atoms with Gasteiger partial charge in [-0.05, 0) is 65.5 Å². The molecule has 2 aromatic rings. The van der Waals surface area contributed by atoms with Gasteiger partial charge in [0.2, 0.25) is 15.9 Å². The van der Waals surface area contributed by atoms with Gasteiger partial charge in [0.05, 0.1) is 18.0 Å². The average molecular weight is 439 g/mol. The first-order chi connectivity index (χ1) is 12.1. The van der Waals surface area contributed by atoms with Crippen molar-refractivity contribution >= 4 is 37.5 Å². The van der Waals surface area contributed by atoms with Gasteiger partial charge in [0.15, 0.2) is 0 Å². The number of benzene rings is 2. The molecule has 0 aromatic heterocycles. The molecule has 5 nitrogen and oxygen atoms in total. The molecule has 0 saturated carbocycles. The van der Waals surface area contributed by atoms with Crippen molar-refractivity contribution in [3.8, 4) is 0 Å². The van der Waals surface area contributed by atoms with Gasteiger partial charge in [-0.1, -0.05) is 30.3 Å². The van der Waals surface area contributed by atoms with E-state index in [2.05, 4.69) is 21.2 Å². The molecule has 0 radical (unpaired) electrons. The van der Waals surface area contributed by atoms with Gasteiger partial charge in [0, 0.05) is 4.47 Å². The molecule has 1 N–H and O–H groups in total. The van der Waals surface area contributed by atoms with E-state index in [-0.39, 0.29) is 18.5 Å². The van der Waals surface area contributed by atoms with Gasteiger partial charge in [-0.3, -0.25) is 9.10 Å². The van der Waals surface area contributed by atoms with Gasteiger partial charge < -0.3 is 5.32 Å². The maximum absolute atomic E-state index is 12.5. The minimum absolute atomic E-state index is 0.220. The average Bonchev–Trinajstić information content (AvgIpc) is 2.55. The minimum atomic E-state index is -3.61. The molecule has 0 fully saturated rings. The SMILES string of the molecule is Cc1ccc([C@@H](C)NC(=O)CN(c2ccccc2Br)S(C)(=O)=O)cc1C. The fraction of sp³-hybridized carbons (Fsp3) is 0.316. The van der Waals surface area contributed by atoms with Crippen LogP contribution < -0.4 is 9.62 Å². The lowest BCUT2D eigenvalue weighted by molar-refractivity contribution is -0.120. The van der Waals surface area contributed by atoms with E-state index in [1.165, 1.54) is 5.56 Å². The van der Waals surface area contributed by atoms with Crippen LogP contribution in [0.1, 0.15) is 29.7 Å². The second-order valence-corrected chi connectivity index (χ2v) is 9.12. The summed E-state index contributed by atoms with van der Waals surface area (Å²) < 4.78 is 26.1. The summed E-state index contributed by atoms with van der Waals surface area (Å²) in [6.45, 7) is 5.65. The molecule has 26 heavy (non-hydrogen) atoms. The lowest BCUT2D eigenvalue weighted by atomic mass is 10.0. The zero-order valence-electron chi connectivity index (χ0n) is 15.3. The number of halogens is 1. The lowest BCUT2D eigenvalue weighted by Gasteiger charge is -2.24. The molecule has 0 spiro atoms. The molecule has 0 aliphatic heterocycles. The molecule has 2 rings (SSSR count). The number of aryl methyl sites for hydroxylation is 2. The molecule has 0 saturated heterocycles. The maximum atomic E-state index is 12.5. The first-order valence-corrected chi connectivity index (χ1v) is 10.8. The number of carbonyl (C=O) groups excluding carboxylic acids is 1. The lowest BCUT2D eigenvalue weighted by Crippen LogP contribution is -2.41. The Labute approximate surface area is 163 Å². The van der Waals surface area contributed by atoms with Crippen LogP contribution in [-0.4, -0.2) is 27.1 Å². The van der Waals surface area contributed by atoms with Crippen LogP contribution in [0.4, 0.5) is 5.69 Å². The molecule has 7 heteroatoms. The van der Waals surface area contributed by atoms with E-state index in [1.54, 1.807) is 24.3 Å². The maximum Gasteiger partial charge on any atom is 0.241 e. The van der Waals surface area contributed by atoms with E-state index in [1.807, 2.05) is 39.0 Å². The Kier molecular flexibility index (Phi) is 6.47. The van der Waals surface area contributed by atoms with Crippen molar-refractivity contribution in [2.24, 2.45) is 0 Å². The number of nitrogens with zero attached hydrogens (tertiary/aromatic N) is 1. The predicted octanol–water partition coefficient (Wildman–Crippen LogP) is 3.71. The van der Waals surface area contributed by atoms with Crippen molar-refractivity contribution in [1.82, 2.24) is 5.32 Å². The number of sulfonamides is 1. The van der Waals surface area contributed by atoms with Crippen LogP contribution in [0.25, 0.3) is 0 Å². The van der Waals surface area contributed by atoms with E-state index < -0.39 is 10.0 Å². The number of para-hydroxylation sites is 1. The second-order valence-electron chi connectivity index (χ2n) is 6.35. The number of hydrogen-bond donors (Lipinski definition) is 1. The van der Waals surface area contributed by atoms with Crippen LogP contribution in [0, 0.1) is 13.8 Å². The van der Waals surface area contributed by atoms with Gasteiger partial charge >= 0.3 is 0 Å². The molecular weight excluding hydrogens is 416 g/mol. The molecular formula is C19H23BrN2O3S. The summed E-state index contributed by atoms with van der Waals surface area (Å²) in [6.07, 6.45) is 1.09. The smallest absolute Gasteiger partial charge is 0.241 e. The number of nitrogens with one attached hydrogen (secondary N) is 1. The Bertz CT molecular complexity index is 913. The third kappa shape index (κ3) is 5.08. The van der Waals surface area contributed by atoms with Crippen molar-refractivity contribution in [1.29, 1.82) is 0 Å². The number of anilines is 1. The van der Waals surface area contributed by atoms with Gasteiger partial charge in [-0.2, -0.15) is 0 Å². The van der Waals surface area contributed by atoms with E-state index in [9.17, 15) is 13.2 Å². The van der Waals surface area contributed by atoms with Crippen molar-refractivity contribution in [2.75, 3.05) is 17.1 Å². The number of amides is 1. The highest BCUT2D eigenvalue weighted by Gasteiger charge is 2.23. The fourth-order valence-electron chi connectivity index (χ4n) is 2.57. The quantitative estimate of drug-likeness (QED) is 0.747.